The average Bonchev–Trinajstić information content (AvgIpc) is 2.76. The van der Waals surface area contributed by atoms with E-state index in [9.17, 15) is 4.79 Å². The highest BCUT2D eigenvalue weighted by molar-refractivity contribution is 9.10. The summed E-state index contributed by atoms with van der Waals surface area (Å²) in [6.07, 6.45) is 1.34. The molecule has 0 aliphatic heterocycles. The first kappa shape index (κ1) is 11.7. The molecule has 2 rings (SSSR count). The van der Waals surface area contributed by atoms with Gasteiger partial charge in [-0.15, -0.1) is 0 Å². The predicted octanol–water partition coefficient (Wildman–Crippen LogP) is 3.32. The quantitative estimate of drug-likeness (QED) is 0.940. The lowest BCUT2D eigenvalue weighted by Crippen LogP contribution is -2.02. The van der Waals surface area contributed by atoms with Gasteiger partial charge < -0.3 is 14.3 Å². The van der Waals surface area contributed by atoms with Crippen molar-refractivity contribution in [1.29, 1.82) is 0 Å². The summed E-state index contributed by atoms with van der Waals surface area (Å²) < 4.78 is 11.3. The molecule has 5 heteroatoms. The molecule has 1 N–H and O–H groups in total. The summed E-state index contributed by atoms with van der Waals surface area (Å²) in [5.41, 5.74) is 0.514. The predicted molar refractivity (Wildman–Crippen MR) is 64.1 cm³/mol. The van der Waals surface area contributed by atoms with Crippen LogP contribution in [0.4, 0.5) is 0 Å². The summed E-state index contributed by atoms with van der Waals surface area (Å²) in [4.78, 5) is 10.8. The van der Waals surface area contributed by atoms with E-state index in [0.717, 1.165) is 4.47 Å². The Morgan fingerprint density at radius 3 is 2.65 bits per heavy atom. The number of hydrogen-bond acceptors (Lipinski definition) is 3. The first-order valence-corrected chi connectivity index (χ1v) is 5.64. The van der Waals surface area contributed by atoms with Gasteiger partial charge in [-0.25, -0.2) is 4.79 Å². The zero-order valence-electron chi connectivity index (χ0n) is 8.72. The molecule has 88 valence electrons. The Hall–Kier alpha value is -1.75. The van der Waals surface area contributed by atoms with Crippen LogP contribution in [0.2, 0.25) is 0 Å². The molecule has 1 aromatic heterocycles. The number of ether oxygens (including phenoxy) is 1. The maximum Gasteiger partial charge on any atom is 0.372 e. The molecule has 4 nitrogen and oxygen atoms in total. The summed E-state index contributed by atoms with van der Waals surface area (Å²) in [7, 11) is 0. The van der Waals surface area contributed by atoms with Crippen molar-refractivity contribution >= 4 is 21.9 Å². The van der Waals surface area contributed by atoms with Crippen molar-refractivity contribution in [2.24, 2.45) is 0 Å². The molecular weight excluding hydrogens is 288 g/mol. The third-order valence-corrected chi connectivity index (χ3v) is 2.68. The van der Waals surface area contributed by atoms with E-state index in [1.54, 1.807) is 18.2 Å². The number of aromatic carboxylic acids is 1. The topological polar surface area (TPSA) is 59.7 Å². The monoisotopic (exact) mass is 296 g/mol. The van der Waals surface area contributed by atoms with Gasteiger partial charge in [0, 0.05) is 10.0 Å². The molecular formula is C12H9BrO4. The Bertz CT molecular complexity index is 516. The summed E-state index contributed by atoms with van der Waals surface area (Å²) in [6, 6.07) is 8.88. The smallest absolute Gasteiger partial charge is 0.372 e. The number of hydrogen-bond donors (Lipinski definition) is 1. The normalized spacial score (nSPS) is 10.2. The van der Waals surface area contributed by atoms with Crippen molar-refractivity contribution in [3.8, 4) is 5.75 Å². The number of benzene rings is 1. The summed E-state index contributed by atoms with van der Waals surface area (Å²) >= 11 is 3.32. The minimum Gasteiger partial charge on any atom is -0.489 e. The minimum absolute atomic E-state index is 0.0814. The van der Waals surface area contributed by atoms with E-state index >= 15 is 0 Å². The number of rotatable bonds is 4. The highest BCUT2D eigenvalue weighted by Crippen LogP contribution is 2.18. The molecule has 17 heavy (non-hydrogen) atoms. The molecule has 0 amide bonds. The fourth-order valence-electron chi connectivity index (χ4n) is 1.33. The number of halogens is 1. The molecule has 0 atom stereocenters. The maximum atomic E-state index is 10.8. The van der Waals surface area contributed by atoms with E-state index in [1.807, 2.05) is 12.1 Å². The van der Waals surface area contributed by atoms with Crippen molar-refractivity contribution < 1.29 is 19.1 Å². The van der Waals surface area contributed by atoms with Gasteiger partial charge in [-0.05, 0) is 30.3 Å². The van der Waals surface area contributed by atoms with E-state index in [-0.39, 0.29) is 12.4 Å². The third-order valence-electron chi connectivity index (χ3n) is 2.15. The Morgan fingerprint density at radius 2 is 2.00 bits per heavy atom. The second kappa shape index (κ2) is 5.05. The van der Waals surface area contributed by atoms with Crippen molar-refractivity contribution in [1.82, 2.24) is 0 Å². The van der Waals surface area contributed by atoms with Crippen LogP contribution >= 0.6 is 15.9 Å². The molecule has 0 saturated carbocycles. The fraction of sp³-hybridized carbons (Fsp3) is 0.0833. The Labute approximate surface area is 106 Å². The van der Waals surface area contributed by atoms with Crippen LogP contribution in [-0.2, 0) is 6.61 Å². The van der Waals surface area contributed by atoms with Gasteiger partial charge >= 0.3 is 5.97 Å². The molecule has 0 aliphatic rings. The molecule has 0 unspecified atom stereocenters. The molecule has 0 radical (unpaired) electrons. The second-order valence-corrected chi connectivity index (χ2v) is 4.24. The Morgan fingerprint density at radius 1 is 1.29 bits per heavy atom. The molecule has 0 spiro atoms. The highest BCUT2D eigenvalue weighted by Gasteiger charge is 2.13. The first-order chi connectivity index (χ1) is 8.16. The number of carboxylic acid groups (broad SMARTS) is 1. The van der Waals surface area contributed by atoms with Gasteiger partial charge in [-0.3, -0.25) is 0 Å². The van der Waals surface area contributed by atoms with Crippen LogP contribution in [-0.4, -0.2) is 11.1 Å². The lowest BCUT2D eigenvalue weighted by molar-refractivity contribution is 0.0658. The van der Waals surface area contributed by atoms with Crippen molar-refractivity contribution in [2.45, 2.75) is 6.61 Å². The second-order valence-electron chi connectivity index (χ2n) is 3.32. The lowest BCUT2D eigenvalue weighted by atomic mass is 10.2. The molecule has 0 bridgehead atoms. The van der Waals surface area contributed by atoms with Gasteiger partial charge in [-0.2, -0.15) is 0 Å². The first-order valence-electron chi connectivity index (χ1n) is 4.85. The zero-order valence-corrected chi connectivity index (χ0v) is 10.3. The summed E-state index contributed by atoms with van der Waals surface area (Å²) in [5.74, 6) is -0.503. The van der Waals surface area contributed by atoms with Crippen LogP contribution in [0.15, 0.2) is 45.5 Å². The van der Waals surface area contributed by atoms with Crippen LogP contribution in [0.1, 0.15) is 16.1 Å². The standard InChI is InChI=1S/C12H9BrO4/c13-9-1-3-10(4-2-9)17-7-8-5-6-16-11(8)12(14)15/h1-6H,7H2,(H,14,15). The Kier molecular flexibility index (Phi) is 3.49. The van der Waals surface area contributed by atoms with Gasteiger partial charge in [0.25, 0.3) is 0 Å². The molecule has 2 aromatic rings. The van der Waals surface area contributed by atoms with Gasteiger partial charge in [0.15, 0.2) is 0 Å². The van der Waals surface area contributed by atoms with Gasteiger partial charge in [-0.1, -0.05) is 15.9 Å². The minimum atomic E-state index is -1.09. The molecule has 0 saturated heterocycles. The van der Waals surface area contributed by atoms with Crippen molar-refractivity contribution in [3.63, 3.8) is 0 Å². The van der Waals surface area contributed by atoms with E-state index < -0.39 is 5.97 Å². The molecule has 0 fully saturated rings. The van der Waals surface area contributed by atoms with Crippen LogP contribution in [0, 0.1) is 0 Å². The number of furan rings is 1. The zero-order chi connectivity index (χ0) is 12.3. The van der Waals surface area contributed by atoms with Crippen molar-refractivity contribution in [3.05, 3.63) is 52.4 Å². The van der Waals surface area contributed by atoms with Gasteiger partial charge in [0.2, 0.25) is 5.76 Å². The highest BCUT2D eigenvalue weighted by atomic mass is 79.9. The lowest BCUT2D eigenvalue weighted by Gasteiger charge is -2.05. The fourth-order valence-corrected chi connectivity index (χ4v) is 1.59. The van der Waals surface area contributed by atoms with Gasteiger partial charge in [0.1, 0.15) is 12.4 Å². The van der Waals surface area contributed by atoms with Crippen LogP contribution in [0.25, 0.3) is 0 Å². The van der Waals surface area contributed by atoms with Gasteiger partial charge in [0.05, 0.1) is 6.26 Å². The largest absolute Gasteiger partial charge is 0.489 e. The van der Waals surface area contributed by atoms with Crippen molar-refractivity contribution in [2.75, 3.05) is 0 Å². The maximum absolute atomic E-state index is 10.8. The summed E-state index contributed by atoms with van der Waals surface area (Å²) in [5, 5.41) is 8.83. The van der Waals surface area contributed by atoms with Crippen LogP contribution in [0.3, 0.4) is 0 Å². The SMILES string of the molecule is O=C(O)c1occc1COc1ccc(Br)cc1. The molecule has 1 aromatic carbocycles. The average molecular weight is 297 g/mol. The summed E-state index contributed by atoms with van der Waals surface area (Å²) in [6.45, 7) is 0.166. The third kappa shape index (κ3) is 2.88. The Balaban J connectivity index is 2.05. The van der Waals surface area contributed by atoms with E-state index in [4.69, 9.17) is 14.3 Å². The molecule has 1 heterocycles. The number of carboxylic acids is 1. The van der Waals surface area contributed by atoms with E-state index in [1.165, 1.54) is 6.26 Å². The number of carbonyl (C=O) groups is 1. The van der Waals surface area contributed by atoms with E-state index in [2.05, 4.69) is 15.9 Å². The van der Waals surface area contributed by atoms with E-state index in [0.29, 0.717) is 11.3 Å². The van der Waals surface area contributed by atoms with Crippen LogP contribution < -0.4 is 4.74 Å². The van der Waals surface area contributed by atoms with Crippen LogP contribution in [0.5, 0.6) is 5.75 Å². The molecule has 0 aliphatic carbocycles.